The molecule has 0 saturated heterocycles. The zero-order chi connectivity index (χ0) is 26.8. The first-order chi connectivity index (χ1) is 18.1. The highest BCUT2D eigenvalue weighted by atomic mass is 19.4. The number of nitrogens with zero attached hydrogens (tertiary/aromatic N) is 4. The molecule has 3 aromatic heterocycles. The number of nitrogens with one attached hydrogen (secondary N) is 2. The molecule has 6 rings (SSSR count). The molecule has 1 aromatic carbocycles. The van der Waals surface area contributed by atoms with E-state index >= 15 is 8.78 Å². The standard InChI is InChI=1S/C24H20F5N7O2/c25-14-6-11(13-9-36(12-2-3-12)21-18(13)20(30)31-10-32-21)7-15(26)19(14)34-22(37)33-17-8-16(35-38-17)23(4-1-5-23)24(27,28)29/h6-10,12H,1-5H2,(H2,30,31,32)(H2,33,34,37). The summed E-state index contributed by atoms with van der Waals surface area (Å²) in [6.07, 6.45) is 0.485. The molecule has 3 heterocycles. The molecule has 0 aliphatic heterocycles. The minimum atomic E-state index is -4.53. The second-order valence-corrected chi connectivity index (χ2v) is 9.54. The van der Waals surface area contributed by atoms with E-state index in [1.807, 2.05) is 9.88 Å². The van der Waals surface area contributed by atoms with Crippen molar-refractivity contribution < 1.29 is 31.3 Å². The average molecular weight is 533 g/mol. The molecule has 2 aliphatic rings. The molecule has 0 atom stereocenters. The van der Waals surface area contributed by atoms with Crippen LogP contribution >= 0.6 is 0 Å². The zero-order valence-electron chi connectivity index (χ0n) is 19.6. The third-order valence-corrected chi connectivity index (χ3v) is 7.16. The summed E-state index contributed by atoms with van der Waals surface area (Å²) in [6, 6.07) is 2.12. The summed E-state index contributed by atoms with van der Waals surface area (Å²) in [5.41, 5.74) is 3.95. The molecule has 0 radical (unpaired) electrons. The molecule has 4 aromatic rings. The smallest absolute Gasteiger partial charge is 0.383 e. The van der Waals surface area contributed by atoms with E-state index in [0.717, 1.165) is 31.0 Å². The fourth-order valence-corrected chi connectivity index (χ4v) is 4.84. The van der Waals surface area contributed by atoms with Crippen molar-refractivity contribution in [2.75, 3.05) is 16.4 Å². The Labute approximate surface area is 211 Å². The van der Waals surface area contributed by atoms with E-state index in [4.69, 9.17) is 10.3 Å². The number of anilines is 3. The Morgan fingerprint density at radius 2 is 1.82 bits per heavy atom. The van der Waals surface area contributed by atoms with Crippen molar-refractivity contribution in [3.63, 3.8) is 0 Å². The van der Waals surface area contributed by atoms with E-state index in [9.17, 15) is 18.0 Å². The van der Waals surface area contributed by atoms with Crippen molar-refractivity contribution in [1.29, 1.82) is 0 Å². The molecular weight excluding hydrogens is 513 g/mol. The van der Waals surface area contributed by atoms with E-state index in [1.165, 1.54) is 6.33 Å². The first kappa shape index (κ1) is 24.1. The Morgan fingerprint density at radius 1 is 1.11 bits per heavy atom. The van der Waals surface area contributed by atoms with Gasteiger partial charge in [-0.1, -0.05) is 11.6 Å². The Morgan fingerprint density at radius 3 is 2.42 bits per heavy atom. The number of aromatic nitrogens is 4. The maximum Gasteiger partial charge on any atom is 0.400 e. The summed E-state index contributed by atoms with van der Waals surface area (Å²) < 4.78 is 77.3. The minimum Gasteiger partial charge on any atom is -0.383 e. The molecule has 2 amide bonds. The third-order valence-electron chi connectivity index (χ3n) is 7.16. The molecule has 2 saturated carbocycles. The number of urea groups is 1. The lowest BCUT2D eigenvalue weighted by molar-refractivity contribution is -0.214. The fraction of sp³-hybridized carbons (Fsp3) is 0.333. The predicted molar refractivity (Wildman–Crippen MR) is 126 cm³/mol. The monoisotopic (exact) mass is 533 g/mol. The van der Waals surface area contributed by atoms with Gasteiger partial charge in [0, 0.05) is 23.9 Å². The van der Waals surface area contributed by atoms with Gasteiger partial charge in [-0.05, 0) is 43.4 Å². The average Bonchev–Trinajstić information content (AvgIpc) is 3.42. The normalized spacial score (nSPS) is 16.9. The highest BCUT2D eigenvalue weighted by Gasteiger charge is 2.61. The van der Waals surface area contributed by atoms with Crippen LogP contribution in [0.5, 0.6) is 0 Å². The van der Waals surface area contributed by atoms with Crippen LogP contribution in [0.15, 0.2) is 35.2 Å². The number of carbonyl (C=O) groups excluding carboxylic acids is 1. The highest BCUT2D eigenvalue weighted by molar-refractivity contribution is 6.02. The number of rotatable bonds is 5. The van der Waals surface area contributed by atoms with Crippen LogP contribution in [-0.4, -0.2) is 31.9 Å². The van der Waals surface area contributed by atoms with Crippen LogP contribution < -0.4 is 16.4 Å². The number of benzene rings is 1. The lowest BCUT2D eigenvalue weighted by Gasteiger charge is -2.41. The molecular formula is C24H20F5N7O2. The third kappa shape index (κ3) is 3.82. The number of alkyl halides is 3. The van der Waals surface area contributed by atoms with Gasteiger partial charge in [-0.25, -0.2) is 23.5 Å². The van der Waals surface area contributed by atoms with Crippen molar-refractivity contribution in [3.8, 4) is 11.1 Å². The van der Waals surface area contributed by atoms with E-state index in [1.54, 1.807) is 6.20 Å². The quantitative estimate of drug-likeness (QED) is 0.274. The van der Waals surface area contributed by atoms with Gasteiger partial charge >= 0.3 is 12.2 Å². The Balaban J connectivity index is 1.24. The van der Waals surface area contributed by atoms with E-state index in [-0.39, 0.29) is 36.0 Å². The van der Waals surface area contributed by atoms with Gasteiger partial charge in [-0.2, -0.15) is 13.2 Å². The number of amides is 2. The van der Waals surface area contributed by atoms with Gasteiger partial charge in [-0.15, -0.1) is 0 Å². The predicted octanol–water partition coefficient (Wildman–Crippen LogP) is 5.91. The van der Waals surface area contributed by atoms with Crippen LogP contribution in [0.4, 0.5) is 44.1 Å². The summed E-state index contributed by atoms with van der Waals surface area (Å²) in [5.74, 6) is -2.40. The van der Waals surface area contributed by atoms with Crippen molar-refractivity contribution in [3.05, 3.63) is 48.1 Å². The van der Waals surface area contributed by atoms with Gasteiger partial charge in [-0.3, -0.25) is 5.32 Å². The summed E-state index contributed by atoms with van der Waals surface area (Å²) in [4.78, 5) is 20.6. The molecule has 0 bridgehead atoms. The molecule has 9 nitrogen and oxygen atoms in total. The molecule has 198 valence electrons. The molecule has 0 unspecified atom stereocenters. The number of nitrogen functional groups attached to an aromatic ring is 1. The summed E-state index contributed by atoms with van der Waals surface area (Å²) in [6.45, 7) is 0. The number of carbonyl (C=O) groups is 1. The van der Waals surface area contributed by atoms with Crippen LogP contribution in [0.1, 0.15) is 43.8 Å². The number of halogens is 5. The van der Waals surface area contributed by atoms with Gasteiger partial charge in [0.2, 0.25) is 5.88 Å². The highest BCUT2D eigenvalue weighted by Crippen LogP contribution is 2.54. The SMILES string of the molecule is Nc1ncnc2c1c(-c1cc(F)c(NC(=O)Nc3cc(C4(C(F)(F)F)CCC4)no3)c(F)c1)cn2C1CC1. The fourth-order valence-electron chi connectivity index (χ4n) is 4.84. The summed E-state index contributed by atoms with van der Waals surface area (Å²) in [5, 5.41) is 8.07. The topological polar surface area (TPSA) is 124 Å². The first-order valence-electron chi connectivity index (χ1n) is 11.8. The van der Waals surface area contributed by atoms with Gasteiger partial charge < -0.3 is 20.1 Å². The van der Waals surface area contributed by atoms with Gasteiger partial charge in [0.1, 0.15) is 46.2 Å². The van der Waals surface area contributed by atoms with E-state index in [2.05, 4.69) is 20.4 Å². The van der Waals surface area contributed by atoms with E-state index < -0.39 is 40.8 Å². The molecule has 38 heavy (non-hydrogen) atoms. The van der Waals surface area contributed by atoms with Crippen molar-refractivity contribution in [2.45, 2.75) is 49.7 Å². The van der Waals surface area contributed by atoms with E-state index in [0.29, 0.717) is 23.0 Å². The molecule has 2 aliphatic carbocycles. The van der Waals surface area contributed by atoms with Crippen LogP contribution in [-0.2, 0) is 5.41 Å². The number of nitrogens with two attached hydrogens (primary N) is 1. The number of hydrogen-bond acceptors (Lipinski definition) is 6. The zero-order valence-corrected chi connectivity index (χ0v) is 19.6. The van der Waals surface area contributed by atoms with Gasteiger partial charge in [0.25, 0.3) is 0 Å². The van der Waals surface area contributed by atoms with Crippen LogP contribution in [0.25, 0.3) is 22.2 Å². The minimum absolute atomic E-state index is 0.144. The number of hydrogen-bond donors (Lipinski definition) is 3. The first-order valence-corrected chi connectivity index (χ1v) is 11.8. The van der Waals surface area contributed by atoms with Crippen molar-refractivity contribution in [2.24, 2.45) is 0 Å². The summed E-state index contributed by atoms with van der Waals surface area (Å²) in [7, 11) is 0. The Hall–Kier alpha value is -4.23. The van der Waals surface area contributed by atoms with Gasteiger partial charge in [0.15, 0.2) is 0 Å². The largest absolute Gasteiger partial charge is 0.400 e. The maximum absolute atomic E-state index is 15.0. The van der Waals surface area contributed by atoms with Crippen molar-refractivity contribution in [1.82, 2.24) is 19.7 Å². The molecule has 14 heteroatoms. The second-order valence-electron chi connectivity index (χ2n) is 9.54. The van der Waals surface area contributed by atoms with Crippen molar-refractivity contribution >= 4 is 34.5 Å². The van der Waals surface area contributed by atoms with Crippen LogP contribution in [0.3, 0.4) is 0 Å². The summed E-state index contributed by atoms with van der Waals surface area (Å²) >= 11 is 0. The number of fused-ring (bicyclic) bond motifs is 1. The lowest BCUT2D eigenvalue weighted by atomic mass is 9.66. The Bertz CT molecular complexity index is 1550. The maximum atomic E-state index is 15.0. The molecule has 0 spiro atoms. The van der Waals surface area contributed by atoms with Crippen LogP contribution in [0.2, 0.25) is 0 Å². The molecule has 2 fully saturated rings. The van der Waals surface area contributed by atoms with Crippen LogP contribution in [0, 0.1) is 11.6 Å². The Kier molecular flexibility index (Phi) is 5.33. The van der Waals surface area contributed by atoms with Gasteiger partial charge in [0.05, 0.1) is 5.39 Å². The second kappa shape index (κ2) is 8.39. The lowest BCUT2D eigenvalue weighted by Crippen LogP contribution is -2.48. The molecule has 4 N–H and O–H groups in total.